The highest BCUT2D eigenvalue weighted by molar-refractivity contribution is 5.99. The van der Waals surface area contributed by atoms with Gasteiger partial charge in [-0.1, -0.05) is 12.1 Å². The molecule has 1 saturated heterocycles. The summed E-state index contributed by atoms with van der Waals surface area (Å²) in [5.41, 5.74) is 1.84. The third kappa shape index (κ3) is 4.55. The van der Waals surface area contributed by atoms with Crippen LogP contribution < -0.4 is 15.4 Å². The molecule has 8 heteroatoms. The average Bonchev–Trinajstić information content (AvgIpc) is 2.75. The van der Waals surface area contributed by atoms with Gasteiger partial charge in [-0.2, -0.15) is 0 Å². The van der Waals surface area contributed by atoms with E-state index in [1.165, 1.54) is 12.1 Å². The largest absolute Gasteiger partial charge is 0.482 e. The molecule has 2 aliphatic heterocycles. The first-order valence-corrected chi connectivity index (χ1v) is 9.52. The predicted molar refractivity (Wildman–Crippen MR) is 104 cm³/mol. The molecule has 2 heterocycles. The zero-order valence-electron chi connectivity index (χ0n) is 15.8. The summed E-state index contributed by atoms with van der Waals surface area (Å²) in [6.07, 6.45) is 0. The van der Waals surface area contributed by atoms with E-state index in [2.05, 4.69) is 15.5 Å². The van der Waals surface area contributed by atoms with Crippen LogP contribution in [0.25, 0.3) is 0 Å². The van der Waals surface area contributed by atoms with Crippen molar-refractivity contribution in [1.82, 2.24) is 10.2 Å². The summed E-state index contributed by atoms with van der Waals surface area (Å²) >= 11 is 0. The molecule has 0 bridgehead atoms. The van der Waals surface area contributed by atoms with E-state index in [4.69, 9.17) is 9.47 Å². The number of morpholine rings is 1. The molecule has 7 nitrogen and oxygen atoms in total. The Hall–Kier alpha value is -2.97. The molecule has 2 amide bonds. The molecule has 152 valence electrons. The van der Waals surface area contributed by atoms with Gasteiger partial charge in [0.05, 0.1) is 24.9 Å². The van der Waals surface area contributed by atoms with Gasteiger partial charge in [0.2, 0.25) is 0 Å². The Balaban J connectivity index is 1.48. The SMILES string of the molecule is O=C1COc2ccc(C(=O)NC[C@@H](c3ccc(F)cc3)N3CCOCC3)cc2N1. The number of ether oxygens (including phenoxy) is 2. The third-order valence-corrected chi connectivity index (χ3v) is 5.07. The van der Waals surface area contributed by atoms with Crippen molar-refractivity contribution < 1.29 is 23.5 Å². The number of nitrogens with one attached hydrogen (secondary N) is 2. The highest BCUT2D eigenvalue weighted by Gasteiger charge is 2.24. The van der Waals surface area contributed by atoms with Crippen molar-refractivity contribution in [2.45, 2.75) is 6.04 Å². The zero-order chi connectivity index (χ0) is 20.2. The lowest BCUT2D eigenvalue weighted by molar-refractivity contribution is -0.118. The van der Waals surface area contributed by atoms with Crippen molar-refractivity contribution in [1.29, 1.82) is 0 Å². The maximum atomic E-state index is 13.3. The van der Waals surface area contributed by atoms with Crippen LogP contribution in [0.2, 0.25) is 0 Å². The monoisotopic (exact) mass is 399 g/mol. The molecule has 0 spiro atoms. The number of carbonyl (C=O) groups is 2. The fourth-order valence-electron chi connectivity index (χ4n) is 3.55. The molecule has 0 aliphatic carbocycles. The molecular weight excluding hydrogens is 377 g/mol. The lowest BCUT2D eigenvalue weighted by Crippen LogP contribution is -2.43. The smallest absolute Gasteiger partial charge is 0.262 e. The quantitative estimate of drug-likeness (QED) is 0.804. The van der Waals surface area contributed by atoms with Crippen LogP contribution in [-0.2, 0) is 9.53 Å². The topological polar surface area (TPSA) is 79.9 Å². The molecule has 2 aromatic carbocycles. The van der Waals surface area contributed by atoms with Crippen LogP contribution in [0.5, 0.6) is 5.75 Å². The standard InChI is InChI=1S/C21H22FN3O4/c22-16-4-1-14(2-5-16)18(25-7-9-28-10-8-25)12-23-21(27)15-3-6-19-17(11-15)24-20(26)13-29-19/h1-6,11,18H,7-10,12-13H2,(H,23,27)(H,24,26)/t18-/m0/s1. The lowest BCUT2D eigenvalue weighted by atomic mass is 10.0. The van der Waals surface area contributed by atoms with Gasteiger partial charge in [0.1, 0.15) is 11.6 Å². The van der Waals surface area contributed by atoms with Crippen molar-refractivity contribution >= 4 is 17.5 Å². The van der Waals surface area contributed by atoms with Crippen molar-refractivity contribution in [2.24, 2.45) is 0 Å². The number of hydrogen-bond donors (Lipinski definition) is 2. The minimum Gasteiger partial charge on any atom is -0.482 e. The first-order chi connectivity index (χ1) is 14.1. The van der Waals surface area contributed by atoms with Crippen LogP contribution in [0, 0.1) is 5.82 Å². The molecule has 1 atom stereocenters. The van der Waals surface area contributed by atoms with Crippen LogP contribution in [0.15, 0.2) is 42.5 Å². The number of fused-ring (bicyclic) bond motifs is 1. The Morgan fingerprint density at radius 1 is 1.17 bits per heavy atom. The van der Waals surface area contributed by atoms with Crippen molar-refractivity contribution in [3.8, 4) is 5.75 Å². The third-order valence-electron chi connectivity index (χ3n) is 5.07. The summed E-state index contributed by atoms with van der Waals surface area (Å²) in [7, 11) is 0. The minimum atomic E-state index is -0.295. The molecule has 0 aromatic heterocycles. The molecular formula is C21H22FN3O4. The molecule has 4 rings (SSSR count). The fraction of sp³-hybridized carbons (Fsp3) is 0.333. The number of hydrogen-bond acceptors (Lipinski definition) is 5. The number of amides is 2. The second-order valence-electron chi connectivity index (χ2n) is 6.97. The number of carbonyl (C=O) groups excluding carboxylic acids is 2. The maximum Gasteiger partial charge on any atom is 0.262 e. The molecule has 2 N–H and O–H groups in total. The number of benzene rings is 2. The summed E-state index contributed by atoms with van der Waals surface area (Å²) in [6, 6.07) is 11.2. The molecule has 1 fully saturated rings. The number of halogens is 1. The van der Waals surface area contributed by atoms with E-state index in [1.54, 1.807) is 30.3 Å². The van der Waals surface area contributed by atoms with E-state index < -0.39 is 0 Å². The van der Waals surface area contributed by atoms with Crippen LogP contribution in [0.1, 0.15) is 22.0 Å². The van der Waals surface area contributed by atoms with Crippen LogP contribution in [0.3, 0.4) is 0 Å². The lowest BCUT2D eigenvalue weighted by Gasteiger charge is -2.35. The van der Waals surface area contributed by atoms with Gasteiger partial charge in [-0.05, 0) is 35.9 Å². The number of rotatable bonds is 5. The van der Waals surface area contributed by atoms with Gasteiger partial charge in [-0.15, -0.1) is 0 Å². The van der Waals surface area contributed by atoms with Crippen LogP contribution >= 0.6 is 0 Å². The Morgan fingerprint density at radius 3 is 2.69 bits per heavy atom. The molecule has 2 aliphatic rings. The maximum absolute atomic E-state index is 13.3. The van der Waals surface area contributed by atoms with Crippen molar-refractivity contribution in [2.75, 3.05) is 44.8 Å². The van der Waals surface area contributed by atoms with E-state index in [-0.39, 0.29) is 30.3 Å². The Morgan fingerprint density at radius 2 is 1.93 bits per heavy atom. The normalized spacial score (nSPS) is 17.6. The van der Waals surface area contributed by atoms with Crippen molar-refractivity contribution in [3.05, 3.63) is 59.4 Å². The van der Waals surface area contributed by atoms with Gasteiger partial charge in [0.25, 0.3) is 11.8 Å². The average molecular weight is 399 g/mol. The van der Waals surface area contributed by atoms with Gasteiger partial charge >= 0.3 is 0 Å². The van der Waals surface area contributed by atoms with Gasteiger partial charge in [0, 0.05) is 25.2 Å². The summed E-state index contributed by atoms with van der Waals surface area (Å²) < 4.78 is 24.1. The van der Waals surface area contributed by atoms with E-state index in [0.29, 0.717) is 36.8 Å². The predicted octanol–water partition coefficient (Wildman–Crippen LogP) is 1.96. The second kappa shape index (κ2) is 8.59. The van der Waals surface area contributed by atoms with Crippen LogP contribution in [0.4, 0.5) is 10.1 Å². The van der Waals surface area contributed by atoms with E-state index >= 15 is 0 Å². The Kier molecular flexibility index (Phi) is 5.73. The fourth-order valence-corrected chi connectivity index (χ4v) is 3.55. The first-order valence-electron chi connectivity index (χ1n) is 9.52. The molecule has 0 radical (unpaired) electrons. The number of anilines is 1. The van der Waals surface area contributed by atoms with Gasteiger partial charge < -0.3 is 20.1 Å². The highest BCUT2D eigenvalue weighted by atomic mass is 19.1. The molecule has 29 heavy (non-hydrogen) atoms. The van der Waals surface area contributed by atoms with E-state index in [9.17, 15) is 14.0 Å². The Labute approximate surface area is 167 Å². The van der Waals surface area contributed by atoms with Crippen LogP contribution in [-0.4, -0.2) is 56.2 Å². The minimum absolute atomic E-state index is 0.0303. The van der Waals surface area contributed by atoms with Gasteiger partial charge in [-0.3, -0.25) is 14.5 Å². The summed E-state index contributed by atoms with van der Waals surface area (Å²) in [5.74, 6) is -0.262. The summed E-state index contributed by atoms with van der Waals surface area (Å²) in [6.45, 7) is 3.05. The molecule has 0 unspecified atom stereocenters. The van der Waals surface area contributed by atoms with E-state index in [0.717, 1.165) is 18.7 Å². The Bertz CT molecular complexity index is 897. The van der Waals surface area contributed by atoms with Crippen molar-refractivity contribution in [3.63, 3.8) is 0 Å². The summed E-state index contributed by atoms with van der Waals surface area (Å²) in [4.78, 5) is 26.4. The second-order valence-corrected chi connectivity index (χ2v) is 6.97. The first kappa shape index (κ1) is 19.4. The molecule has 0 saturated carbocycles. The molecule has 2 aromatic rings. The van der Waals surface area contributed by atoms with Gasteiger partial charge in [0.15, 0.2) is 6.61 Å². The van der Waals surface area contributed by atoms with Gasteiger partial charge in [-0.25, -0.2) is 4.39 Å². The van der Waals surface area contributed by atoms with E-state index in [1.807, 2.05) is 0 Å². The summed E-state index contributed by atoms with van der Waals surface area (Å²) in [5, 5.41) is 5.66. The highest BCUT2D eigenvalue weighted by Crippen LogP contribution is 2.28. The number of nitrogens with zero attached hydrogens (tertiary/aromatic N) is 1. The zero-order valence-corrected chi connectivity index (χ0v) is 15.8.